The van der Waals surface area contributed by atoms with Crippen LogP contribution in [0.4, 0.5) is 5.69 Å². The Morgan fingerprint density at radius 1 is 1.10 bits per heavy atom. The van der Waals surface area contributed by atoms with E-state index in [9.17, 15) is 4.79 Å². The fourth-order valence-corrected chi connectivity index (χ4v) is 2.62. The maximum atomic E-state index is 11.6. The largest absolute Gasteiger partial charge is 0.397 e. The van der Waals surface area contributed by atoms with E-state index in [1.807, 2.05) is 42.7 Å². The van der Waals surface area contributed by atoms with Crippen LogP contribution in [-0.2, 0) is 0 Å². The van der Waals surface area contributed by atoms with Gasteiger partial charge in [0.25, 0.3) is 0 Å². The minimum Gasteiger partial charge on any atom is -0.397 e. The van der Waals surface area contributed by atoms with Gasteiger partial charge in [-0.25, -0.2) is 0 Å². The van der Waals surface area contributed by atoms with Crippen molar-refractivity contribution < 1.29 is 0 Å². The van der Waals surface area contributed by atoms with E-state index < -0.39 is 0 Å². The second-order valence-corrected chi connectivity index (χ2v) is 4.88. The smallest absolute Gasteiger partial charge is 0.182 e. The first-order valence-corrected chi connectivity index (χ1v) is 6.42. The minimum atomic E-state index is 0.0223. The molecule has 0 aliphatic rings. The van der Waals surface area contributed by atoms with Crippen molar-refractivity contribution in [3.05, 3.63) is 64.2 Å². The van der Waals surface area contributed by atoms with Crippen LogP contribution in [0.3, 0.4) is 0 Å². The molecule has 0 aliphatic carbocycles. The molecule has 0 spiro atoms. The third kappa shape index (κ3) is 1.86. The van der Waals surface area contributed by atoms with E-state index >= 15 is 0 Å². The summed E-state index contributed by atoms with van der Waals surface area (Å²) < 4.78 is 2.05. The van der Waals surface area contributed by atoms with Crippen molar-refractivity contribution in [3.63, 3.8) is 0 Å². The van der Waals surface area contributed by atoms with Crippen molar-refractivity contribution in [2.24, 2.45) is 0 Å². The molecule has 0 saturated heterocycles. The molecule has 0 bridgehead atoms. The average Bonchev–Trinajstić information content (AvgIpc) is 2.40. The minimum absolute atomic E-state index is 0.0223. The predicted molar refractivity (Wildman–Crippen MR) is 81.2 cm³/mol. The van der Waals surface area contributed by atoms with Crippen LogP contribution in [0.15, 0.2) is 47.4 Å². The van der Waals surface area contributed by atoms with Gasteiger partial charge < -0.3 is 10.3 Å². The van der Waals surface area contributed by atoms with Crippen LogP contribution in [-0.4, -0.2) is 9.55 Å². The molecule has 0 unspecified atom stereocenters. The molecule has 0 fully saturated rings. The molecule has 0 saturated carbocycles. The molecular formula is C16H15N3O. The van der Waals surface area contributed by atoms with Gasteiger partial charge in [-0.2, -0.15) is 0 Å². The Morgan fingerprint density at radius 2 is 1.80 bits per heavy atom. The van der Waals surface area contributed by atoms with Gasteiger partial charge in [0, 0.05) is 35.1 Å². The Balaban J connectivity index is 2.42. The zero-order valence-corrected chi connectivity index (χ0v) is 11.4. The van der Waals surface area contributed by atoms with Gasteiger partial charge >= 0.3 is 0 Å². The lowest BCUT2D eigenvalue weighted by Crippen LogP contribution is -2.11. The van der Waals surface area contributed by atoms with Crippen LogP contribution in [0.25, 0.3) is 16.6 Å². The highest BCUT2D eigenvalue weighted by molar-refractivity contribution is 5.95. The van der Waals surface area contributed by atoms with E-state index in [0.29, 0.717) is 5.69 Å². The summed E-state index contributed by atoms with van der Waals surface area (Å²) in [6.45, 7) is 3.85. The number of hydrogen-bond acceptors (Lipinski definition) is 3. The molecule has 2 N–H and O–H groups in total. The van der Waals surface area contributed by atoms with E-state index in [-0.39, 0.29) is 5.43 Å². The molecule has 4 heteroatoms. The van der Waals surface area contributed by atoms with Crippen molar-refractivity contribution in [3.8, 4) is 5.69 Å². The molecule has 0 aliphatic heterocycles. The first kappa shape index (κ1) is 12.4. The molecule has 4 nitrogen and oxygen atoms in total. The predicted octanol–water partition coefficient (Wildman–Crippen LogP) is 2.58. The molecule has 20 heavy (non-hydrogen) atoms. The Kier molecular flexibility index (Phi) is 2.79. The Hall–Kier alpha value is -2.62. The second-order valence-electron chi connectivity index (χ2n) is 4.88. The molecule has 0 amide bonds. The molecule has 3 rings (SSSR count). The molecule has 0 radical (unpaired) electrons. The maximum Gasteiger partial charge on any atom is 0.182 e. The highest BCUT2D eigenvalue weighted by Gasteiger charge is 2.10. The summed E-state index contributed by atoms with van der Waals surface area (Å²) in [7, 11) is 0. The highest BCUT2D eigenvalue weighted by Crippen LogP contribution is 2.26. The number of hydrogen-bond donors (Lipinski definition) is 1. The van der Waals surface area contributed by atoms with Gasteiger partial charge in [0.2, 0.25) is 0 Å². The molecule has 2 aromatic heterocycles. The van der Waals surface area contributed by atoms with E-state index in [4.69, 9.17) is 5.73 Å². The highest BCUT2D eigenvalue weighted by atomic mass is 16.1. The van der Waals surface area contributed by atoms with Crippen molar-refractivity contribution in [2.45, 2.75) is 13.8 Å². The van der Waals surface area contributed by atoms with Crippen LogP contribution >= 0.6 is 0 Å². The lowest BCUT2D eigenvalue weighted by Gasteiger charge is -2.17. The number of anilines is 1. The van der Waals surface area contributed by atoms with Crippen molar-refractivity contribution in [1.82, 2.24) is 9.55 Å². The third-order valence-corrected chi connectivity index (χ3v) is 3.43. The fourth-order valence-electron chi connectivity index (χ4n) is 2.62. The van der Waals surface area contributed by atoms with Gasteiger partial charge in [0.1, 0.15) is 0 Å². The lowest BCUT2D eigenvalue weighted by molar-refractivity contribution is 0.929. The van der Waals surface area contributed by atoms with E-state index in [1.54, 1.807) is 18.3 Å². The number of nitrogen functional groups attached to an aromatic ring is 1. The van der Waals surface area contributed by atoms with Crippen LogP contribution in [0.2, 0.25) is 0 Å². The van der Waals surface area contributed by atoms with Crippen molar-refractivity contribution in [2.75, 3.05) is 5.73 Å². The second kappa shape index (κ2) is 4.49. The standard InChI is InChI=1S/C16H15N3O/c1-10-8-12(20)9-11(2)19(10)15-6-5-14(17)16-13(15)4-3-7-18-16/h3-9H,17H2,1-2H3. The monoisotopic (exact) mass is 265 g/mol. The Morgan fingerprint density at radius 3 is 2.50 bits per heavy atom. The summed E-state index contributed by atoms with van der Waals surface area (Å²) in [5, 5.41) is 0.974. The number of benzene rings is 1. The molecular weight excluding hydrogens is 250 g/mol. The number of fused-ring (bicyclic) bond motifs is 1. The quantitative estimate of drug-likeness (QED) is 0.688. The van der Waals surface area contributed by atoms with Gasteiger partial charge in [-0.1, -0.05) is 0 Å². The number of pyridine rings is 2. The van der Waals surface area contributed by atoms with Gasteiger partial charge in [-0.15, -0.1) is 0 Å². The normalized spacial score (nSPS) is 10.9. The summed E-state index contributed by atoms with van der Waals surface area (Å²) >= 11 is 0. The van der Waals surface area contributed by atoms with E-state index in [2.05, 4.69) is 4.98 Å². The van der Waals surface area contributed by atoms with Crippen LogP contribution in [0.1, 0.15) is 11.4 Å². The summed E-state index contributed by atoms with van der Waals surface area (Å²) in [6.07, 6.45) is 1.73. The average molecular weight is 265 g/mol. The Labute approximate surface area is 116 Å². The van der Waals surface area contributed by atoms with E-state index in [1.165, 1.54) is 0 Å². The summed E-state index contributed by atoms with van der Waals surface area (Å²) in [5.74, 6) is 0. The molecule has 2 heterocycles. The van der Waals surface area contributed by atoms with Crippen LogP contribution in [0, 0.1) is 13.8 Å². The molecule has 100 valence electrons. The number of rotatable bonds is 1. The van der Waals surface area contributed by atoms with Crippen LogP contribution < -0.4 is 11.2 Å². The van der Waals surface area contributed by atoms with E-state index in [0.717, 1.165) is 28.0 Å². The summed E-state index contributed by atoms with van der Waals surface area (Å²) in [6, 6.07) is 11.0. The van der Waals surface area contributed by atoms with Gasteiger partial charge in [0.05, 0.1) is 16.9 Å². The summed E-state index contributed by atoms with van der Waals surface area (Å²) in [5.41, 5.74) is 10.2. The SMILES string of the molecule is Cc1cc(=O)cc(C)n1-c1ccc(N)c2ncccc12. The summed E-state index contributed by atoms with van der Waals surface area (Å²) in [4.78, 5) is 15.9. The molecule has 0 atom stereocenters. The fraction of sp³-hybridized carbons (Fsp3) is 0.125. The van der Waals surface area contributed by atoms with Crippen LogP contribution in [0.5, 0.6) is 0 Å². The number of nitrogens with zero attached hydrogens (tertiary/aromatic N) is 2. The number of nitrogens with two attached hydrogens (primary N) is 1. The van der Waals surface area contributed by atoms with Gasteiger partial charge in [-0.05, 0) is 38.1 Å². The van der Waals surface area contributed by atoms with Gasteiger partial charge in [-0.3, -0.25) is 9.78 Å². The maximum absolute atomic E-state index is 11.6. The topological polar surface area (TPSA) is 60.9 Å². The molecule has 3 aromatic rings. The third-order valence-electron chi connectivity index (χ3n) is 3.43. The van der Waals surface area contributed by atoms with Gasteiger partial charge in [0.15, 0.2) is 5.43 Å². The zero-order valence-electron chi connectivity index (χ0n) is 11.4. The van der Waals surface area contributed by atoms with Crippen molar-refractivity contribution >= 4 is 16.6 Å². The Bertz CT molecular complexity index is 839. The number of aromatic nitrogens is 2. The first-order valence-electron chi connectivity index (χ1n) is 6.42. The lowest BCUT2D eigenvalue weighted by atomic mass is 10.1. The molecule has 1 aromatic carbocycles. The zero-order chi connectivity index (χ0) is 14.3. The first-order chi connectivity index (χ1) is 9.58. The van der Waals surface area contributed by atoms with Crippen molar-refractivity contribution in [1.29, 1.82) is 0 Å². The number of aryl methyl sites for hydroxylation is 2.